The summed E-state index contributed by atoms with van der Waals surface area (Å²) in [5, 5.41) is 11.5. The van der Waals surface area contributed by atoms with Crippen molar-refractivity contribution >= 4 is 17.8 Å². The molecule has 0 bridgehead atoms. The number of methoxy groups -OCH3 is 1. The second-order valence-electron chi connectivity index (χ2n) is 6.93. The molecule has 0 saturated carbocycles. The molecule has 3 aromatic rings. The zero-order chi connectivity index (χ0) is 23.8. The zero-order valence-electron chi connectivity index (χ0n) is 17.7. The van der Waals surface area contributed by atoms with Crippen molar-refractivity contribution in [3.05, 3.63) is 77.8 Å². The molecular weight excluding hydrogens is 439 g/mol. The number of benzene rings is 2. The van der Waals surface area contributed by atoms with Gasteiger partial charge in [0.15, 0.2) is 17.3 Å². The first-order chi connectivity index (χ1) is 15.8. The minimum atomic E-state index is -4.41. The molecule has 1 heterocycles. The lowest BCUT2D eigenvalue weighted by molar-refractivity contribution is -0.137. The summed E-state index contributed by atoms with van der Waals surface area (Å²) in [6.07, 6.45) is 1.42. The summed E-state index contributed by atoms with van der Waals surface area (Å²) in [6, 6.07) is 10.1. The molecule has 0 fully saturated rings. The van der Waals surface area contributed by atoms with Crippen molar-refractivity contribution in [3.63, 3.8) is 0 Å². The van der Waals surface area contributed by atoms with Crippen LogP contribution in [0.5, 0.6) is 11.5 Å². The standard InChI is InChI=1S/C23H22F3N3O4/c1-32-19-7-5-16(12-20(19)33-10-9-30)6-8-22(31)28-21-14-29(15-27-21)13-17-3-2-4-18(11-17)23(24,25)26/h2-8,11-12,14-15,30H,9-10,13H2,1H3,(H,28,31)/b8-6+. The van der Waals surface area contributed by atoms with Crippen LogP contribution in [0.3, 0.4) is 0 Å². The predicted molar refractivity (Wildman–Crippen MR) is 116 cm³/mol. The van der Waals surface area contributed by atoms with Gasteiger partial charge in [-0.2, -0.15) is 13.2 Å². The summed E-state index contributed by atoms with van der Waals surface area (Å²) in [7, 11) is 1.50. The number of aliphatic hydroxyl groups excluding tert-OH is 1. The maximum atomic E-state index is 12.9. The lowest BCUT2D eigenvalue weighted by Gasteiger charge is -2.10. The smallest absolute Gasteiger partial charge is 0.416 e. The minimum absolute atomic E-state index is 0.104. The van der Waals surface area contributed by atoms with Gasteiger partial charge in [-0.15, -0.1) is 0 Å². The highest BCUT2D eigenvalue weighted by Gasteiger charge is 2.30. The quantitative estimate of drug-likeness (QED) is 0.471. The topological polar surface area (TPSA) is 85.6 Å². The number of alkyl halides is 3. The third kappa shape index (κ3) is 6.84. The maximum absolute atomic E-state index is 12.9. The van der Waals surface area contributed by atoms with Gasteiger partial charge >= 0.3 is 6.18 Å². The average molecular weight is 461 g/mol. The molecule has 0 aliphatic rings. The van der Waals surface area contributed by atoms with Gasteiger partial charge < -0.3 is 24.5 Å². The van der Waals surface area contributed by atoms with Crippen molar-refractivity contribution in [1.29, 1.82) is 0 Å². The van der Waals surface area contributed by atoms with Crippen LogP contribution < -0.4 is 14.8 Å². The van der Waals surface area contributed by atoms with E-state index < -0.39 is 17.6 Å². The number of rotatable bonds is 9. The Bertz CT molecular complexity index is 1130. The Balaban J connectivity index is 1.61. The first-order valence-corrected chi connectivity index (χ1v) is 9.87. The number of carbonyl (C=O) groups is 1. The SMILES string of the molecule is COc1ccc(/C=C/C(=O)Nc2cn(Cc3cccc(C(F)(F)F)c3)cn2)cc1OCCO. The summed E-state index contributed by atoms with van der Waals surface area (Å²) >= 11 is 0. The summed E-state index contributed by atoms with van der Waals surface area (Å²) in [5.41, 5.74) is 0.412. The van der Waals surface area contributed by atoms with Gasteiger partial charge in [0.1, 0.15) is 6.61 Å². The molecule has 10 heteroatoms. The zero-order valence-corrected chi connectivity index (χ0v) is 17.7. The van der Waals surface area contributed by atoms with Crippen LogP contribution in [0.15, 0.2) is 61.1 Å². The highest BCUT2D eigenvalue weighted by Crippen LogP contribution is 2.30. The summed E-state index contributed by atoms with van der Waals surface area (Å²) in [4.78, 5) is 16.3. The lowest BCUT2D eigenvalue weighted by Crippen LogP contribution is -2.08. The number of aliphatic hydroxyl groups is 1. The Morgan fingerprint density at radius 3 is 2.76 bits per heavy atom. The van der Waals surface area contributed by atoms with E-state index in [1.807, 2.05) is 0 Å². The normalized spacial score (nSPS) is 11.5. The van der Waals surface area contributed by atoms with E-state index in [9.17, 15) is 18.0 Å². The van der Waals surface area contributed by atoms with Gasteiger partial charge in [0.05, 0.1) is 25.6 Å². The number of carbonyl (C=O) groups excluding carboxylic acids is 1. The average Bonchev–Trinajstić information content (AvgIpc) is 3.22. The Hall–Kier alpha value is -3.79. The van der Waals surface area contributed by atoms with Gasteiger partial charge in [-0.25, -0.2) is 4.98 Å². The Morgan fingerprint density at radius 2 is 2.03 bits per heavy atom. The van der Waals surface area contributed by atoms with Crippen molar-refractivity contribution in [2.45, 2.75) is 12.7 Å². The van der Waals surface area contributed by atoms with Crippen molar-refractivity contribution in [2.24, 2.45) is 0 Å². The molecule has 0 saturated heterocycles. The van der Waals surface area contributed by atoms with Crippen molar-refractivity contribution in [2.75, 3.05) is 25.6 Å². The minimum Gasteiger partial charge on any atom is -0.493 e. The fraction of sp³-hybridized carbons (Fsp3) is 0.217. The van der Waals surface area contributed by atoms with Gasteiger partial charge in [-0.3, -0.25) is 4.79 Å². The van der Waals surface area contributed by atoms with Gasteiger partial charge in [0, 0.05) is 18.8 Å². The molecular formula is C23H22F3N3O4. The van der Waals surface area contributed by atoms with Crippen LogP contribution in [-0.2, 0) is 17.5 Å². The Morgan fingerprint density at radius 1 is 1.21 bits per heavy atom. The Kier molecular flexibility index (Phi) is 7.73. The summed E-state index contributed by atoms with van der Waals surface area (Å²) in [5.74, 6) is 0.755. The first kappa shape index (κ1) is 23.9. The van der Waals surface area contributed by atoms with E-state index in [1.165, 1.54) is 31.8 Å². The molecule has 0 unspecified atom stereocenters. The van der Waals surface area contributed by atoms with Crippen molar-refractivity contribution in [1.82, 2.24) is 9.55 Å². The molecule has 3 rings (SSSR count). The molecule has 2 aromatic carbocycles. The second-order valence-corrected chi connectivity index (χ2v) is 6.93. The first-order valence-electron chi connectivity index (χ1n) is 9.87. The number of halogens is 3. The molecule has 0 spiro atoms. The number of anilines is 1. The number of aromatic nitrogens is 2. The molecule has 1 aromatic heterocycles. The Labute approximate surface area is 188 Å². The molecule has 33 heavy (non-hydrogen) atoms. The van der Waals surface area contributed by atoms with Crippen LogP contribution in [0.2, 0.25) is 0 Å². The van der Waals surface area contributed by atoms with E-state index in [0.717, 1.165) is 12.1 Å². The van der Waals surface area contributed by atoms with Crippen LogP contribution in [0.25, 0.3) is 6.08 Å². The molecule has 2 N–H and O–H groups in total. The molecule has 0 aliphatic heterocycles. The van der Waals surface area contributed by atoms with E-state index in [2.05, 4.69) is 10.3 Å². The number of ether oxygens (including phenoxy) is 2. The molecule has 1 amide bonds. The number of hydrogen-bond donors (Lipinski definition) is 2. The number of hydrogen-bond acceptors (Lipinski definition) is 5. The molecule has 7 nitrogen and oxygen atoms in total. The fourth-order valence-corrected chi connectivity index (χ4v) is 2.97. The maximum Gasteiger partial charge on any atom is 0.416 e. The van der Waals surface area contributed by atoms with Crippen molar-refractivity contribution < 1.29 is 32.5 Å². The molecule has 0 radical (unpaired) electrons. The summed E-state index contributed by atoms with van der Waals surface area (Å²) in [6.45, 7) is 0.129. The van der Waals surface area contributed by atoms with Gasteiger partial charge in [0.25, 0.3) is 0 Å². The van der Waals surface area contributed by atoms with Crippen LogP contribution in [0.1, 0.15) is 16.7 Å². The largest absolute Gasteiger partial charge is 0.493 e. The number of imidazole rings is 1. The van der Waals surface area contributed by atoms with Crippen LogP contribution in [0.4, 0.5) is 19.0 Å². The lowest BCUT2D eigenvalue weighted by atomic mass is 10.1. The summed E-state index contributed by atoms with van der Waals surface area (Å²) < 4.78 is 50.8. The predicted octanol–water partition coefficient (Wildman–Crippen LogP) is 3.98. The highest BCUT2D eigenvalue weighted by molar-refractivity contribution is 6.01. The van der Waals surface area contributed by atoms with E-state index >= 15 is 0 Å². The fourth-order valence-electron chi connectivity index (χ4n) is 2.97. The van der Waals surface area contributed by atoms with Gasteiger partial charge in [-0.05, 0) is 41.5 Å². The van der Waals surface area contributed by atoms with E-state index in [4.69, 9.17) is 14.6 Å². The number of amides is 1. The van der Waals surface area contributed by atoms with E-state index in [-0.39, 0.29) is 25.6 Å². The third-order valence-corrected chi connectivity index (χ3v) is 4.47. The molecule has 0 atom stereocenters. The van der Waals surface area contributed by atoms with E-state index in [1.54, 1.807) is 34.9 Å². The monoisotopic (exact) mass is 461 g/mol. The van der Waals surface area contributed by atoms with Crippen molar-refractivity contribution in [3.8, 4) is 11.5 Å². The van der Waals surface area contributed by atoms with Gasteiger partial charge in [0.2, 0.25) is 5.91 Å². The van der Waals surface area contributed by atoms with Crippen LogP contribution in [0, 0.1) is 0 Å². The molecule has 0 aliphatic carbocycles. The molecule has 174 valence electrons. The third-order valence-electron chi connectivity index (χ3n) is 4.47. The van der Waals surface area contributed by atoms with E-state index in [0.29, 0.717) is 22.6 Å². The van der Waals surface area contributed by atoms with Gasteiger partial charge in [-0.1, -0.05) is 18.2 Å². The second kappa shape index (κ2) is 10.7. The number of nitrogens with one attached hydrogen (secondary N) is 1. The van der Waals surface area contributed by atoms with Crippen LogP contribution in [-0.4, -0.2) is 40.9 Å². The number of nitrogens with zero attached hydrogens (tertiary/aromatic N) is 2. The highest BCUT2D eigenvalue weighted by atomic mass is 19.4. The van der Waals surface area contributed by atoms with Crippen LogP contribution >= 0.6 is 0 Å².